The number of aromatic nitrogens is 4. The topological polar surface area (TPSA) is 99.6 Å². The number of benzene rings is 1. The van der Waals surface area contributed by atoms with E-state index in [1.807, 2.05) is 12.1 Å². The van der Waals surface area contributed by atoms with Crippen molar-refractivity contribution in [1.82, 2.24) is 14.9 Å². The van der Waals surface area contributed by atoms with Gasteiger partial charge >= 0.3 is 5.95 Å². The number of fused-ring (bicyclic) bond motifs is 1. The number of nitrogens with zero attached hydrogens (tertiary/aromatic N) is 5. The molecular formula is C22H28ClN6O3+. The van der Waals surface area contributed by atoms with E-state index < -0.39 is 0 Å². The van der Waals surface area contributed by atoms with Gasteiger partial charge in [-0.3, -0.25) is 4.79 Å². The molecule has 32 heavy (non-hydrogen) atoms. The van der Waals surface area contributed by atoms with E-state index in [0.29, 0.717) is 29.6 Å². The summed E-state index contributed by atoms with van der Waals surface area (Å²) in [7, 11) is 1.67. The Kier molecular flexibility index (Phi) is 5.96. The van der Waals surface area contributed by atoms with Crippen molar-refractivity contribution in [3.8, 4) is 5.75 Å². The summed E-state index contributed by atoms with van der Waals surface area (Å²) in [6.45, 7) is 9.03. The van der Waals surface area contributed by atoms with E-state index >= 15 is 0 Å². The Labute approximate surface area is 191 Å². The van der Waals surface area contributed by atoms with Crippen molar-refractivity contribution in [3.05, 3.63) is 40.5 Å². The highest BCUT2D eigenvalue weighted by Crippen LogP contribution is 2.40. The van der Waals surface area contributed by atoms with E-state index in [2.05, 4.69) is 35.9 Å². The van der Waals surface area contributed by atoms with Crippen LogP contribution in [0, 0.1) is 0 Å². The van der Waals surface area contributed by atoms with Crippen LogP contribution in [0.5, 0.6) is 5.75 Å². The van der Waals surface area contributed by atoms with Crippen LogP contribution in [0.3, 0.4) is 0 Å². The van der Waals surface area contributed by atoms with Gasteiger partial charge in [-0.1, -0.05) is 36.9 Å². The normalized spacial score (nSPS) is 14.7. The zero-order valence-corrected chi connectivity index (χ0v) is 19.5. The molecule has 0 saturated carbocycles. The first-order valence-electron chi connectivity index (χ1n) is 10.5. The van der Waals surface area contributed by atoms with E-state index in [0.717, 1.165) is 30.1 Å². The van der Waals surface area contributed by atoms with Crippen LogP contribution in [-0.4, -0.2) is 54.1 Å². The number of halogens is 1. The number of carbonyl (C=O) groups is 1. The summed E-state index contributed by atoms with van der Waals surface area (Å²) in [5.74, 6) is 0.905. The number of methoxy groups -OCH3 is 1. The monoisotopic (exact) mass is 459 g/mol. The van der Waals surface area contributed by atoms with Gasteiger partial charge in [0.1, 0.15) is 5.75 Å². The smallest absolute Gasteiger partial charge is 0.366 e. The third-order valence-corrected chi connectivity index (χ3v) is 5.74. The molecule has 0 unspecified atom stereocenters. The molecule has 170 valence electrons. The van der Waals surface area contributed by atoms with Gasteiger partial charge in [-0.2, -0.15) is 0 Å². The zero-order chi connectivity index (χ0) is 23.0. The molecule has 3 aromatic rings. The first kappa shape index (κ1) is 22.3. The first-order chi connectivity index (χ1) is 15.2. The number of Topliss-reactive ketones (excluding diaryl/α,β-unsaturated/α-hetero) is 1. The molecule has 0 aliphatic carbocycles. The molecule has 3 heterocycles. The molecule has 1 aliphatic rings. The highest BCUT2D eigenvalue weighted by atomic mass is 35.5. The quantitative estimate of drug-likeness (QED) is 0.461. The predicted octanol–water partition coefficient (Wildman–Crippen LogP) is 2.28. The molecule has 10 heteroatoms. The SMILES string of the molecule is COc1c(N2CCOCC2)cc(C(=O)Cn2nc3ccc(Cl)n[n+]3c2N)cc1C(C)(C)C. The van der Waals surface area contributed by atoms with Crippen LogP contribution in [0.15, 0.2) is 24.3 Å². The highest BCUT2D eigenvalue weighted by molar-refractivity contribution is 6.29. The number of rotatable bonds is 5. The number of hydrogen-bond acceptors (Lipinski definition) is 7. The van der Waals surface area contributed by atoms with Crippen molar-refractivity contribution < 1.29 is 18.8 Å². The molecular weight excluding hydrogens is 432 g/mol. The van der Waals surface area contributed by atoms with Gasteiger partial charge in [0.15, 0.2) is 17.5 Å². The molecule has 1 aliphatic heterocycles. The lowest BCUT2D eigenvalue weighted by molar-refractivity contribution is -0.566. The Morgan fingerprint density at radius 1 is 1.28 bits per heavy atom. The molecule has 1 saturated heterocycles. The molecule has 0 radical (unpaired) electrons. The number of carbonyl (C=O) groups excluding carboxylic acids is 1. The average Bonchev–Trinajstić information content (AvgIpc) is 3.07. The van der Waals surface area contributed by atoms with Crippen LogP contribution in [0.4, 0.5) is 11.6 Å². The number of hydrogen-bond donors (Lipinski definition) is 1. The second kappa shape index (κ2) is 8.55. The van der Waals surface area contributed by atoms with Crippen molar-refractivity contribution in [2.24, 2.45) is 0 Å². The largest absolute Gasteiger partial charge is 0.494 e. The van der Waals surface area contributed by atoms with E-state index in [-0.39, 0.29) is 23.7 Å². The fraction of sp³-hybridized carbons (Fsp3) is 0.455. The Morgan fingerprint density at radius 2 is 2.00 bits per heavy atom. The summed E-state index contributed by atoms with van der Waals surface area (Å²) in [6, 6.07) is 7.13. The third kappa shape index (κ3) is 4.22. The maximum Gasteiger partial charge on any atom is 0.366 e. The molecule has 2 N–H and O–H groups in total. The minimum Gasteiger partial charge on any atom is -0.494 e. The van der Waals surface area contributed by atoms with Crippen molar-refractivity contribution >= 4 is 34.7 Å². The van der Waals surface area contributed by atoms with Crippen molar-refractivity contribution in [1.29, 1.82) is 0 Å². The van der Waals surface area contributed by atoms with Crippen LogP contribution in [0.2, 0.25) is 5.15 Å². The van der Waals surface area contributed by atoms with Crippen LogP contribution in [0.25, 0.3) is 5.65 Å². The van der Waals surface area contributed by atoms with E-state index in [4.69, 9.17) is 26.8 Å². The highest BCUT2D eigenvalue weighted by Gasteiger charge is 2.28. The second-order valence-electron chi connectivity index (χ2n) is 8.79. The van der Waals surface area contributed by atoms with Gasteiger partial charge in [0.05, 0.1) is 26.0 Å². The number of ketones is 1. The van der Waals surface area contributed by atoms with Crippen molar-refractivity contribution in [3.63, 3.8) is 0 Å². The number of nitrogen functional groups attached to an aromatic ring is 1. The van der Waals surface area contributed by atoms with Gasteiger partial charge in [-0.15, -0.1) is 9.78 Å². The van der Waals surface area contributed by atoms with Crippen LogP contribution in [-0.2, 0) is 16.7 Å². The lowest BCUT2D eigenvalue weighted by atomic mass is 9.84. The summed E-state index contributed by atoms with van der Waals surface area (Å²) in [5, 5.41) is 8.84. The maximum absolute atomic E-state index is 13.4. The first-order valence-corrected chi connectivity index (χ1v) is 10.9. The summed E-state index contributed by atoms with van der Waals surface area (Å²) < 4.78 is 14.2. The van der Waals surface area contributed by atoms with Gasteiger partial charge in [0, 0.05) is 35.4 Å². The number of morpholine rings is 1. The molecule has 4 rings (SSSR count). The van der Waals surface area contributed by atoms with Gasteiger partial charge in [-0.05, 0) is 23.6 Å². The standard InChI is InChI=1S/C22H27ClN6O3/c1-22(2,3)15-11-14(12-16(20(15)31-4)27-7-9-32-10-8-27)17(30)13-28-21(24)29-19(26-28)6-5-18(23)25-29/h5-6,11-12,24H,7-10,13H2,1-4H3/p+1. The van der Waals surface area contributed by atoms with Crippen molar-refractivity contribution in [2.45, 2.75) is 32.7 Å². The van der Waals surface area contributed by atoms with Crippen LogP contribution in [0.1, 0.15) is 36.7 Å². The van der Waals surface area contributed by atoms with Gasteiger partial charge < -0.3 is 20.1 Å². The fourth-order valence-corrected chi connectivity index (χ4v) is 3.99. The van der Waals surface area contributed by atoms with Gasteiger partial charge in [0.25, 0.3) is 5.65 Å². The molecule has 0 spiro atoms. The van der Waals surface area contributed by atoms with E-state index in [9.17, 15) is 4.79 Å². The predicted molar refractivity (Wildman–Crippen MR) is 122 cm³/mol. The second-order valence-corrected chi connectivity index (χ2v) is 9.18. The number of ether oxygens (including phenoxy) is 2. The zero-order valence-electron chi connectivity index (χ0n) is 18.8. The summed E-state index contributed by atoms with van der Waals surface area (Å²) in [4.78, 5) is 15.6. The minimum absolute atomic E-state index is 0.0225. The Morgan fingerprint density at radius 3 is 2.66 bits per heavy atom. The third-order valence-electron chi connectivity index (χ3n) is 5.54. The molecule has 0 atom stereocenters. The maximum atomic E-state index is 13.4. The van der Waals surface area contributed by atoms with Crippen molar-refractivity contribution in [2.75, 3.05) is 44.0 Å². The van der Waals surface area contributed by atoms with Gasteiger partial charge in [0.2, 0.25) is 0 Å². The molecule has 1 fully saturated rings. The Hall–Kier alpha value is -2.91. The number of nitrogens with two attached hydrogens (primary N) is 1. The fourth-order valence-electron chi connectivity index (χ4n) is 3.85. The summed E-state index contributed by atoms with van der Waals surface area (Å²) in [6.07, 6.45) is 0. The molecule has 0 bridgehead atoms. The van der Waals surface area contributed by atoms with Gasteiger partial charge in [-0.25, -0.2) is 0 Å². The molecule has 2 aromatic heterocycles. The Balaban J connectivity index is 1.75. The minimum atomic E-state index is -0.224. The molecule has 0 amide bonds. The average molecular weight is 460 g/mol. The van der Waals surface area contributed by atoms with Crippen LogP contribution < -0.4 is 19.9 Å². The summed E-state index contributed by atoms with van der Waals surface area (Å²) in [5.41, 5.74) is 8.90. The van der Waals surface area contributed by atoms with Crippen LogP contribution >= 0.6 is 11.6 Å². The lowest BCUT2D eigenvalue weighted by Crippen LogP contribution is -2.37. The summed E-state index contributed by atoms with van der Waals surface area (Å²) >= 11 is 5.96. The van der Waals surface area contributed by atoms with E-state index in [1.165, 1.54) is 9.20 Å². The molecule has 1 aromatic carbocycles. The molecule has 9 nitrogen and oxygen atoms in total. The number of anilines is 2. The Bertz CT molecular complexity index is 1160. The lowest BCUT2D eigenvalue weighted by Gasteiger charge is -2.33. The van der Waals surface area contributed by atoms with E-state index in [1.54, 1.807) is 19.2 Å².